The lowest BCUT2D eigenvalue weighted by Crippen LogP contribution is -2.49. The zero-order valence-electron chi connectivity index (χ0n) is 21.4. The predicted molar refractivity (Wildman–Crippen MR) is 153 cm³/mol. The SMILES string of the molecule is COc1ccc(N2CCN(C(=O)c3ccc4c(c3)NC(=O)C(CS(=O)(=O)Cc3ccccc3Cl)N4)CC2)cc1. The molecule has 9 nitrogen and oxygen atoms in total. The van der Waals surface area contributed by atoms with Crippen molar-refractivity contribution in [3.8, 4) is 5.75 Å². The van der Waals surface area contributed by atoms with E-state index < -0.39 is 21.8 Å². The van der Waals surface area contributed by atoms with Crippen LogP contribution in [0.2, 0.25) is 5.02 Å². The number of carbonyl (C=O) groups is 2. The number of piperazine rings is 1. The maximum atomic E-state index is 13.2. The van der Waals surface area contributed by atoms with Gasteiger partial charge in [-0.1, -0.05) is 29.8 Å². The number of amides is 2. The van der Waals surface area contributed by atoms with Gasteiger partial charge in [0.05, 0.1) is 30.0 Å². The first-order valence-electron chi connectivity index (χ1n) is 12.6. The lowest BCUT2D eigenvalue weighted by Gasteiger charge is -2.36. The van der Waals surface area contributed by atoms with Gasteiger partial charge in [0.25, 0.3) is 5.91 Å². The molecule has 0 aromatic heterocycles. The number of hydrogen-bond donors (Lipinski definition) is 2. The molecule has 5 rings (SSSR count). The molecule has 1 unspecified atom stereocenters. The Kier molecular flexibility index (Phi) is 7.67. The van der Waals surface area contributed by atoms with E-state index in [1.54, 1.807) is 54.5 Å². The minimum atomic E-state index is -3.64. The third-order valence-corrected chi connectivity index (χ3v) is 8.89. The first-order chi connectivity index (χ1) is 18.7. The fourth-order valence-corrected chi connectivity index (χ4v) is 6.67. The lowest BCUT2D eigenvalue weighted by atomic mass is 10.1. The maximum Gasteiger partial charge on any atom is 0.254 e. The summed E-state index contributed by atoms with van der Waals surface area (Å²) in [5.41, 5.74) is 3.03. The highest BCUT2D eigenvalue weighted by Gasteiger charge is 2.31. The van der Waals surface area contributed by atoms with Crippen molar-refractivity contribution in [2.24, 2.45) is 0 Å². The number of carbonyl (C=O) groups excluding carboxylic acids is 2. The third kappa shape index (κ3) is 6.12. The number of hydrogen-bond acceptors (Lipinski definition) is 7. The first kappa shape index (κ1) is 26.8. The van der Waals surface area contributed by atoms with Gasteiger partial charge >= 0.3 is 0 Å². The molecule has 0 bridgehead atoms. The third-order valence-electron chi connectivity index (χ3n) is 6.93. The van der Waals surface area contributed by atoms with E-state index in [0.717, 1.165) is 11.4 Å². The van der Waals surface area contributed by atoms with Gasteiger partial charge in [-0.3, -0.25) is 9.59 Å². The first-order valence-corrected chi connectivity index (χ1v) is 14.8. The Hall–Kier alpha value is -3.76. The predicted octanol–water partition coefficient (Wildman–Crippen LogP) is 3.66. The Labute approximate surface area is 232 Å². The van der Waals surface area contributed by atoms with E-state index in [1.807, 2.05) is 24.3 Å². The Balaban J connectivity index is 1.21. The standard InChI is InChI=1S/C28H29ClN4O5S/c1-38-22-9-7-21(8-10-22)32-12-14-33(15-13-32)28(35)19-6-11-24-25(16-19)31-27(34)26(30-24)18-39(36,37)17-20-4-2-3-5-23(20)29/h2-11,16,26,30H,12-15,17-18H2,1H3,(H,31,34). The van der Waals surface area contributed by atoms with Gasteiger partial charge in [0.15, 0.2) is 9.84 Å². The van der Waals surface area contributed by atoms with Crippen LogP contribution in [0, 0.1) is 0 Å². The van der Waals surface area contributed by atoms with Crippen LogP contribution in [-0.2, 0) is 20.4 Å². The van der Waals surface area contributed by atoms with Crippen LogP contribution in [0.5, 0.6) is 5.75 Å². The molecule has 39 heavy (non-hydrogen) atoms. The summed E-state index contributed by atoms with van der Waals surface area (Å²) < 4.78 is 30.8. The zero-order chi connectivity index (χ0) is 27.6. The highest BCUT2D eigenvalue weighted by molar-refractivity contribution is 7.90. The molecule has 2 N–H and O–H groups in total. The summed E-state index contributed by atoms with van der Waals surface area (Å²) in [6.07, 6.45) is 0. The summed E-state index contributed by atoms with van der Waals surface area (Å²) in [7, 11) is -2.00. The molecular weight excluding hydrogens is 540 g/mol. The Morgan fingerprint density at radius 3 is 2.41 bits per heavy atom. The minimum absolute atomic E-state index is 0.120. The molecule has 0 radical (unpaired) electrons. The summed E-state index contributed by atoms with van der Waals surface area (Å²) in [6.45, 7) is 2.53. The molecule has 0 saturated carbocycles. The summed E-state index contributed by atoms with van der Waals surface area (Å²) >= 11 is 6.11. The Morgan fingerprint density at radius 1 is 1.00 bits per heavy atom. The largest absolute Gasteiger partial charge is 0.497 e. The molecular formula is C28H29ClN4O5S. The van der Waals surface area contributed by atoms with Crippen LogP contribution in [0.1, 0.15) is 15.9 Å². The number of rotatable bonds is 7. The van der Waals surface area contributed by atoms with E-state index in [-0.39, 0.29) is 17.4 Å². The summed E-state index contributed by atoms with van der Waals surface area (Å²) in [6, 6.07) is 18.6. The number of fused-ring (bicyclic) bond motifs is 1. The van der Waals surface area contributed by atoms with Crippen LogP contribution in [0.25, 0.3) is 0 Å². The van der Waals surface area contributed by atoms with Crippen LogP contribution < -0.4 is 20.3 Å². The van der Waals surface area contributed by atoms with Crippen molar-refractivity contribution in [2.75, 3.05) is 54.6 Å². The highest BCUT2D eigenvalue weighted by atomic mass is 35.5. The molecule has 1 atom stereocenters. The van der Waals surface area contributed by atoms with Crippen molar-refractivity contribution in [2.45, 2.75) is 11.8 Å². The van der Waals surface area contributed by atoms with Crippen molar-refractivity contribution >= 4 is 50.3 Å². The van der Waals surface area contributed by atoms with Gasteiger partial charge in [0.1, 0.15) is 11.8 Å². The highest BCUT2D eigenvalue weighted by Crippen LogP contribution is 2.30. The van der Waals surface area contributed by atoms with Gasteiger partial charge < -0.3 is 25.2 Å². The van der Waals surface area contributed by atoms with E-state index in [4.69, 9.17) is 16.3 Å². The number of methoxy groups -OCH3 is 1. The second kappa shape index (κ2) is 11.2. The number of sulfone groups is 1. The second-order valence-electron chi connectivity index (χ2n) is 9.57. The van der Waals surface area contributed by atoms with Gasteiger partial charge in [-0.15, -0.1) is 0 Å². The normalized spacial score (nSPS) is 17.2. The lowest BCUT2D eigenvalue weighted by molar-refractivity contribution is -0.116. The Bertz CT molecular complexity index is 1490. The Morgan fingerprint density at radius 2 is 1.72 bits per heavy atom. The molecule has 2 amide bonds. The molecule has 2 aliphatic heterocycles. The van der Waals surface area contributed by atoms with Gasteiger partial charge in [-0.05, 0) is 54.1 Å². The van der Waals surface area contributed by atoms with Crippen LogP contribution in [0.15, 0.2) is 66.7 Å². The van der Waals surface area contributed by atoms with Crippen molar-refractivity contribution in [3.05, 3.63) is 82.9 Å². The van der Waals surface area contributed by atoms with Gasteiger partial charge in [0, 0.05) is 42.5 Å². The molecule has 0 aliphatic carbocycles. The molecule has 1 fully saturated rings. The topological polar surface area (TPSA) is 108 Å². The van der Waals surface area contributed by atoms with Crippen molar-refractivity contribution < 1.29 is 22.7 Å². The van der Waals surface area contributed by atoms with E-state index in [0.29, 0.717) is 53.7 Å². The molecule has 3 aromatic carbocycles. The fourth-order valence-electron chi connectivity index (χ4n) is 4.81. The molecule has 3 aromatic rings. The maximum absolute atomic E-state index is 13.2. The second-order valence-corrected chi connectivity index (χ2v) is 12.1. The molecule has 2 aliphatic rings. The molecule has 204 valence electrons. The van der Waals surface area contributed by atoms with Crippen LogP contribution in [0.3, 0.4) is 0 Å². The number of ether oxygens (including phenoxy) is 1. The fraction of sp³-hybridized carbons (Fsp3) is 0.286. The average molecular weight is 569 g/mol. The summed E-state index contributed by atoms with van der Waals surface area (Å²) in [5, 5.41) is 6.15. The van der Waals surface area contributed by atoms with Gasteiger partial charge in [0.2, 0.25) is 5.91 Å². The minimum Gasteiger partial charge on any atom is -0.497 e. The van der Waals surface area contributed by atoms with Crippen LogP contribution >= 0.6 is 11.6 Å². The molecule has 11 heteroatoms. The molecule has 0 spiro atoms. The quantitative estimate of drug-likeness (QED) is 0.448. The number of halogens is 1. The molecule has 1 saturated heterocycles. The molecule has 2 heterocycles. The van der Waals surface area contributed by atoms with E-state index in [1.165, 1.54) is 0 Å². The smallest absolute Gasteiger partial charge is 0.254 e. The van der Waals surface area contributed by atoms with Crippen LogP contribution in [0.4, 0.5) is 17.1 Å². The van der Waals surface area contributed by atoms with Crippen molar-refractivity contribution in [1.82, 2.24) is 4.90 Å². The average Bonchev–Trinajstić information content (AvgIpc) is 2.94. The number of nitrogens with one attached hydrogen (secondary N) is 2. The van der Waals surface area contributed by atoms with Crippen molar-refractivity contribution in [3.63, 3.8) is 0 Å². The van der Waals surface area contributed by atoms with Crippen molar-refractivity contribution in [1.29, 1.82) is 0 Å². The summed E-state index contributed by atoms with van der Waals surface area (Å²) in [4.78, 5) is 30.0. The van der Waals surface area contributed by atoms with E-state index in [9.17, 15) is 18.0 Å². The van der Waals surface area contributed by atoms with Gasteiger partial charge in [-0.2, -0.15) is 0 Å². The van der Waals surface area contributed by atoms with Crippen LogP contribution in [-0.4, -0.2) is 70.2 Å². The van der Waals surface area contributed by atoms with E-state index in [2.05, 4.69) is 15.5 Å². The monoisotopic (exact) mass is 568 g/mol. The zero-order valence-corrected chi connectivity index (χ0v) is 23.0. The number of anilines is 3. The number of nitrogens with zero attached hydrogens (tertiary/aromatic N) is 2. The van der Waals surface area contributed by atoms with Gasteiger partial charge in [-0.25, -0.2) is 8.42 Å². The van der Waals surface area contributed by atoms with E-state index >= 15 is 0 Å². The summed E-state index contributed by atoms with van der Waals surface area (Å²) in [5.74, 6) is -0.437. The number of benzene rings is 3.